The van der Waals surface area contributed by atoms with Crippen molar-refractivity contribution in [1.29, 1.82) is 0 Å². The molecule has 1 saturated heterocycles. The zero-order valence-electron chi connectivity index (χ0n) is 14.6. The van der Waals surface area contributed by atoms with Crippen molar-refractivity contribution in [3.63, 3.8) is 0 Å². The van der Waals surface area contributed by atoms with Crippen LogP contribution in [0.5, 0.6) is 5.75 Å². The smallest absolute Gasteiger partial charge is 0.263 e. The molecule has 138 valence electrons. The fourth-order valence-electron chi connectivity index (χ4n) is 2.88. The van der Waals surface area contributed by atoms with Crippen molar-refractivity contribution < 1.29 is 14.3 Å². The second kappa shape index (κ2) is 8.56. The number of piperazine rings is 1. The number of hydrogen-bond acceptors (Lipinski definition) is 4. The van der Waals surface area contributed by atoms with E-state index >= 15 is 0 Å². The third kappa shape index (κ3) is 4.77. The van der Waals surface area contributed by atoms with Gasteiger partial charge in [-0.25, -0.2) is 0 Å². The number of ether oxygens (including phenoxy) is 1. The minimum Gasteiger partial charge on any atom is -0.481 e. The lowest BCUT2D eigenvalue weighted by Crippen LogP contribution is -2.53. The average molecular weight is 393 g/mol. The van der Waals surface area contributed by atoms with E-state index in [-0.39, 0.29) is 11.8 Å². The van der Waals surface area contributed by atoms with Crippen LogP contribution < -0.4 is 4.74 Å². The molecule has 0 spiro atoms. The SMILES string of the molecule is CC(Oc1ccc(Cl)cc1)C(=O)N1CCN(C(=O)Cc2cccs2)CC1. The summed E-state index contributed by atoms with van der Waals surface area (Å²) in [6.45, 7) is 3.92. The van der Waals surface area contributed by atoms with Gasteiger partial charge in [0.1, 0.15) is 5.75 Å². The van der Waals surface area contributed by atoms with Crippen LogP contribution in [0.4, 0.5) is 0 Å². The second-order valence-corrected chi connectivity index (χ2v) is 7.64. The molecule has 1 unspecified atom stereocenters. The number of rotatable bonds is 5. The number of benzene rings is 1. The Morgan fingerprint density at radius 2 is 1.77 bits per heavy atom. The van der Waals surface area contributed by atoms with Crippen molar-refractivity contribution in [1.82, 2.24) is 9.80 Å². The van der Waals surface area contributed by atoms with Crippen LogP contribution in [-0.2, 0) is 16.0 Å². The first kappa shape index (κ1) is 18.7. The number of thiophene rings is 1. The van der Waals surface area contributed by atoms with Gasteiger partial charge in [-0.2, -0.15) is 0 Å². The maximum Gasteiger partial charge on any atom is 0.263 e. The molecule has 26 heavy (non-hydrogen) atoms. The van der Waals surface area contributed by atoms with Gasteiger partial charge in [0.2, 0.25) is 5.91 Å². The minimum atomic E-state index is -0.579. The van der Waals surface area contributed by atoms with Gasteiger partial charge in [0.15, 0.2) is 6.10 Å². The summed E-state index contributed by atoms with van der Waals surface area (Å²) in [5, 5.41) is 2.60. The Morgan fingerprint density at radius 1 is 1.12 bits per heavy atom. The molecule has 3 rings (SSSR count). The number of carbonyl (C=O) groups is 2. The van der Waals surface area contributed by atoms with Crippen LogP contribution >= 0.6 is 22.9 Å². The molecule has 2 heterocycles. The molecule has 0 aliphatic carbocycles. The van der Waals surface area contributed by atoms with E-state index in [4.69, 9.17) is 16.3 Å². The van der Waals surface area contributed by atoms with Crippen LogP contribution in [0.25, 0.3) is 0 Å². The van der Waals surface area contributed by atoms with Gasteiger partial charge in [0, 0.05) is 36.1 Å². The summed E-state index contributed by atoms with van der Waals surface area (Å²) in [6.07, 6.45) is -0.147. The fourth-order valence-corrected chi connectivity index (χ4v) is 3.70. The molecular formula is C19H21ClN2O3S. The predicted octanol–water partition coefficient (Wildman–Crippen LogP) is 3.08. The molecule has 0 N–H and O–H groups in total. The van der Waals surface area contributed by atoms with Crippen molar-refractivity contribution in [2.45, 2.75) is 19.4 Å². The van der Waals surface area contributed by atoms with Gasteiger partial charge in [-0.15, -0.1) is 11.3 Å². The molecule has 1 aliphatic rings. The molecule has 2 aromatic rings. The van der Waals surface area contributed by atoms with Crippen LogP contribution in [0.3, 0.4) is 0 Å². The Labute approximate surface area is 162 Å². The van der Waals surface area contributed by atoms with Crippen LogP contribution in [-0.4, -0.2) is 53.9 Å². The zero-order chi connectivity index (χ0) is 18.5. The summed E-state index contributed by atoms with van der Waals surface area (Å²) < 4.78 is 5.70. The summed E-state index contributed by atoms with van der Waals surface area (Å²) in [6, 6.07) is 10.9. The van der Waals surface area contributed by atoms with E-state index in [0.29, 0.717) is 43.4 Å². The third-order valence-electron chi connectivity index (χ3n) is 4.32. The topological polar surface area (TPSA) is 49.9 Å². The van der Waals surface area contributed by atoms with Crippen LogP contribution in [0.2, 0.25) is 5.02 Å². The summed E-state index contributed by atoms with van der Waals surface area (Å²) in [7, 11) is 0. The summed E-state index contributed by atoms with van der Waals surface area (Å²) in [5.74, 6) is 0.662. The van der Waals surface area contributed by atoms with Crippen LogP contribution in [0.1, 0.15) is 11.8 Å². The van der Waals surface area contributed by atoms with Crippen molar-refractivity contribution in [2.24, 2.45) is 0 Å². The monoisotopic (exact) mass is 392 g/mol. The predicted molar refractivity (Wildman–Crippen MR) is 103 cm³/mol. The van der Waals surface area contributed by atoms with Gasteiger partial charge in [-0.1, -0.05) is 17.7 Å². The van der Waals surface area contributed by atoms with E-state index in [1.807, 2.05) is 22.4 Å². The summed E-state index contributed by atoms with van der Waals surface area (Å²) in [4.78, 5) is 29.6. The molecule has 7 heteroatoms. The molecule has 1 aliphatic heterocycles. The van der Waals surface area contributed by atoms with Gasteiger partial charge in [0.25, 0.3) is 5.91 Å². The number of amides is 2. The highest BCUT2D eigenvalue weighted by atomic mass is 35.5. The minimum absolute atomic E-state index is 0.0645. The average Bonchev–Trinajstić information content (AvgIpc) is 3.16. The Morgan fingerprint density at radius 3 is 2.38 bits per heavy atom. The van der Waals surface area contributed by atoms with Crippen molar-refractivity contribution >= 4 is 34.8 Å². The molecule has 0 bridgehead atoms. The number of nitrogens with zero attached hydrogens (tertiary/aromatic N) is 2. The Hall–Kier alpha value is -2.05. The summed E-state index contributed by atoms with van der Waals surface area (Å²) in [5.41, 5.74) is 0. The van der Waals surface area contributed by atoms with Gasteiger partial charge >= 0.3 is 0 Å². The lowest BCUT2D eigenvalue weighted by Gasteiger charge is -2.35. The van der Waals surface area contributed by atoms with Gasteiger partial charge < -0.3 is 14.5 Å². The van der Waals surface area contributed by atoms with E-state index in [1.54, 1.807) is 47.4 Å². The number of hydrogen-bond donors (Lipinski definition) is 0. The van der Waals surface area contributed by atoms with E-state index in [9.17, 15) is 9.59 Å². The molecule has 0 radical (unpaired) electrons. The molecule has 5 nitrogen and oxygen atoms in total. The van der Waals surface area contributed by atoms with Crippen molar-refractivity contribution in [3.8, 4) is 5.75 Å². The van der Waals surface area contributed by atoms with Gasteiger partial charge in [-0.05, 0) is 42.6 Å². The van der Waals surface area contributed by atoms with E-state index in [2.05, 4.69) is 0 Å². The first-order valence-electron chi connectivity index (χ1n) is 8.54. The second-order valence-electron chi connectivity index (χ2n) is 6.18. The first-order chi connectivity index (χ1) is 12.5. The van der Waals surface area contributed by atoms with Gasteiger partial charge in [0.05, 0.1) is 6.42 Å². The quantitative estimate of drug-likeness (QED) is 0.785. The zero-order valence-corrected chi connectivity index (χ0v) is 16.1. The third-order valence-corrected chi connectivity index (χ3v) is 5.45. The molecular weight excluding hydrogens is 372 g/mol. The van der Waals surface area contributed by atoms with Crippen molar-refractivity contribution in [3.05, 3.63) is 51.7 Å². The Kier molecular flexibility index (Phi) is 6.16. The Bertz CT molecular complexity index is 741. The fraction of sp³-hybridized carbons (Fsp3) is 0.368. The lowest BCUT2D eigenvalue weighted by molar-refractivity contribution is -0.143. The maximum atomic E-state index is 12.6. The van der Waals surface area contributed by atoms with Crippen LogP contribution in [0, 0.1) is 0 Å². The highest BCUT2D eigenvalue weighted by Gasteiger charge is 2.27. The normalized spacial score (nSPS) is 15.6. The first-order valence-corrected chi connectivity index (χ1v) is 9.80. The Balaban J connectivity index is 1.48. The van der Waals surface area contributed by atoms with E-state index in [1.165, 1.54) is 0 Å². The molecule has 1 aromatic heterocycles. The van der Waals surface area contributed by atoms with E-state index < -0.39 is 6.10 Å². The van der Waals surface area contributed by atoms with Crippen molar-refractivity contribution in [2.75, 3.05) is 26.2 Å². The maximum absolute atomic E-state index is 12.6. The lowest BCUT2D eigenvalue weighted by atomic mass is 10.2. The largest absolute Gasteiger partial charge is 0.481 e. The molecule has 1 aromatic carbocycles. The molecule has 0 saturated carbocycles. The number of halogens is 1. The molecule has 2 amide bonds. The van der Waals surface area contributed by atoms with E-state index in [0.717, 1.165) is 4.88 Å². The highest BCUT2D eigenvalue weighted by Crippen LogP contribution is 2.18. The number of carbonyl (C=O) groups excluding carboxylic acids is 2. The molecule has 1 fully saturated rings. The standard InChI is InChI=1S/C19H21ClN2O3S/c1-14(25-16-6-4-15(20)5-7-16)19(24)22-10-8-21(9-11-22)18(23)13-17-3-2-12-26-17/h2-7,12,14H,8-11,13H2,1H3. The highest BCUT2D eigenvalue weighted by molar-refractivity contribution is 7.10. The van der Waals surface area contributed by atoms with Crippen LogP contribution in [0.15, 0.2) is 41.8 Å². The van der Waals surface area contributed by atoms with Gasteiger partial charge in [-0.3, -0.25) is 9.59 Å². The molecule has 1 atom stereocenters. The summed E-state index contributed by atoms with van der Waals surface area (Å²) >= 11 is 7.44.